The predicted octanol–water partition coefficient (Wildman–Crippen LogP) is 2.64. The van der Waals surface area contributed by atoms with Gasteiger partial charge in [0.25, 0.3) is 0 Å². The molecule has 1 fully saturated rings. The SMILES string of the molecule is CS(=O)(=O)C1CCCC1NCc1cc(Br)ccc1F. The fourth-order valence-corrected chi connectivity index (χ4v) is 4.42. The first kappa shape index (κ1) is 14.9. The first-order chi connectivity index (χ1) is 8.88. The smallest absolute Gasteiger partial charge is 0.151 e. The van der Waals surface area contributed by atoms with Gasteiger partial charge in [-0.3, -0.25) is 0 Å². The lowest BCUT2D eigenvalue weighted by Crippen LogP contribution is -2.39. The second kappa shape index (κ2) is 5.89. The summed E-state index contributed by atoms with van der Waals surface area (Å²) in [6, 6.07) is 4.69. The van der Waals surface area contributed by atoms with Crippen molar-refractivity contribution in [3.63, 3.8) is 0 Å². The van der Waals surface area contributed by atoms with Gasteiger partial charge in [-0.15, -0.1) is 0 Å². The third kappa shape index (κ3) is 3.77. The molecule has 3 nitrogen and oxygen atoms in total. The molecule has 2 rings (SSSR count). The highest BCUT2D eigenvalue weighted by Gasteiger charge is 2.34. The minimum atomic E-state index is -3.04. The molecule has 0 amide bonds. The van der Waals surface area contributed by atoms with Gasteiger partial charge >= 0.3 is 0 Å². The topological polar surface area (TPSA) is 46.2 Å². The lowest BCUT2D eigenvalue weighted by atomic mass is 10.2. The normalized spacial score (nSPS) is 23.7. The van der Waals surface area contributed by atoms with E-state index in [1.54, 1.807) is 12.1 Å². The Hall–Kier alpha value is -0.460. The van der Waals surface area contributed by atoms with Crippen molar-refractivity contribution in [3.05, 3.63) is 34.1 Å². The number of hydrogen-bond acceptors (Lipinski definition) is 3. The summed E-state index contributed by atoms with van der Waals surface area (Å²) in [4.78, 5) is 0. The summed E-state index contributed by atoms with van der Waals surface area (Å²) in [5.41, 5.74) is 0.550. The number of hydrogen-bond donors (Lipinski definition) is 1. The summed E-state index contributed by atoms with van der Waals surface area (Å²) in [7, 11) is -3.04. The first-order valence-electron chi connectivity index (χ1n) is 6.24. The van der Waals surface area contributed by atoms with Crippen molar-refractivity contribution in [3.8, 4) is 0 Å². The number of halogens is 2. The largest absolute Gasteiger partial charge is 0.309 e. The molecular formula is C13H17BrFNO2S. The lowest BCUT2D eigenvalue weighted by Gasteiger charge is -2.19. The maximum atomic E-state index is 13.6. The van der Waals surface area contributed by atoms with Crippen molar-refractivity contribution in [2.45, 2.75) is 37.1 Å². The third-order valence-electron chi connectivity index (χ3n) is 3.56. The van der Waals surface area contributed by atoms with Gasteiger partial charge in [0.1, 0.15) is 5.82 Å². The molecule has 0 radical (unpaired) electrons. The van der Waals surface area contributed by atoms with E-state index in [0.717, 1.165) is 17.3 Å². The van der Waals surface area contributed by atoms with Crippen LogP contribution in [-0.4, -0.2) is 26.0 Å². The first-order valence-corrected chi connectivity index (χ1v) is 8.99. The van der Waals surface area contributed by atoms with Crippen LogP contribution in [0.2, 0.25) is 0 Å². The van der Waals surface area contributed by atoms with Crippen LogP contribution in [0.3, 0.4) is 0 Å². The average Bonchev–Trinajstić information content (AvgIpc) is 2.78. The van der Waals surface area contributed by atoms with Gasteiger partial charge in [0.15, 0.2) is 9.84 Å². The molecular weight excluding hydrogens is 333 g/mol. The van der Waals surface area contributed by atoms with E-state index in [0.29, 0.717) is 18.5 Å². The van der Waals surface area contributed by atoms with E-state index in [1.165, 1.54) is 12.3 Å². The standard InChI is InChI=1S/C13H17BrFNO2S/c1-19(17,18)13-4-2-3-12(13)16-8-9-7-10(14)5-6-11(9)15/h5-7,12-13,16H,2-4,8H2,1H3. The van der Waals surface area contributed by atoms with E-state index in [-0.39, 0.29) is 17.1 Å². The second-order valence-electron chi connectivity index (χ2n) is 5.02. The summed E-state index contributed by atoms with van der Waals surface area (Å²) in [6.45, 7) is 0.349. The van der Waals surface area contributed by atoms with Crippen LogP contribution < -0.4 is 5.32 Å². The maximum Gasteiger partial charge on any atom is 0.151 e. The molecule has 6 heteroatoms. The van der Waals surface area contributed by atoms with Crippen molar-refractivity contribution < 1.29 is 12.8 Å². The van der Waals surface area contributed by atoms with Gasteiger partial charge in [-0.2, -0.15) is 0 Å². The van der Waals surface area contributed by atoms with Crippen LogP contribution in [0.1, 0.15) is 24.8 Å². The Kier molecular flexibility index (Phi) is 4.63. The minimum Gasteiger partial charge on any atom is -0.309 e. The number of sulfone groups is 1. The van der Waals surface area contributed by atoms with Gasteiger partial charge in [0, 0.05) is 28.9 Å². The Morgan fingerprint density at radius 2 is 2.16 bits per heavy atom. The highest BCUT2D eigenvalue weighted by atomic mass is 79.9. The molecule has 0 spiro atoms. The van der Waals surface area contributed by atoms with E-state index < -0.39 is 9.84 Å². The zero-order valence-corrected chi connectivity index (χ0v) is 13.1. The molecule has 2 unspecified atom stereocenters. The number of benzene rings is 1. The quantitative estimate of drug-likeness (QED) is 0.908. The lowest BCUT2D eigenvalue weighted by molar-refractivity contribution is 0.497. The second-order valence-corrected chi connectivity index (χ2v) is 8.20. The summed E-state index contributed by atoms with van der Waals surface area (Å²) in [5, 5.41) is 2.84. The van der Waals surface area contributed by atoms with E-state index in [2.05, 4.69) is 21.2 Å². The summed E-state index contributed by atoms with van der Waals surface area (Å²) in [6.07, 6.45) is 3.69. The molecule has 1 N–H and O–H groups in total. The van der Waals surface area contributed by atoms with E-state index in [1.807, 2.05) is 0 Å². The Labute approximate surface area is 121 Å². The van der Waals surface area contributed by atoms with Gasteiger partial charge in [-0.1, -0.05) is 22.4 Å². The maximum absolute atomic E-state index is 13.6. The Morgan fingerprint density at radius 3 is 2.84 bits per heavy atom. The molecule has 2 atom stereocenters. The fourth-order valence-electron chi connectivity index (χ4n) is 2.59. The molecule has 1 aromatic carbocycles. The molecule has 1 aliphatic carbocycles. The van der Waals surface area contributed by atoms with Crippen LogP contribution in [0.15, 0.2) is 22.7 Å². The molecule has 19 heavy (non-hydrogen) atoms. The van der Waals surface area contributed by atoms with Crippen LogP contribution in [0.4, 0.5) is 4.39 Å². The van der Waals surface area contributed by atoms with Crippen molar-refractivity contribution in [1.29, 1.82) is 0 Å². The molecule has 0 bridgehead atoms. The molecule has 0 aliphatic heterocycles. The Morgan fingerprint density at radius 1 is 1.42 bits per heavy atom. The average molecular weight is 350 g/mol. The molecule has 106 valence electrons. The molecule has 0 aromatic heterocycles. The van der Waals surface area contributed by atoms with Crippen LogP contribution in [0, 0.1) is 5.82 Å². The fraction of sp³-hybridized carbons (Fsp3) is 0.538. The van der Waals surface area contributed by atoms with Gasteiger partial charge in [-0.05, 0) is 31.0 Å². The highest BCUT2D eigenvalue weighted by Crippen LogP contribution is 2.25. The molecule has 1 aromatic rings. The third-order valence-corrected chi connectivity index (χ3v) is 5.72. The molecule has 1 saturated carbocycles. The summed E-state index contributed by atoms with van der Waals surface area (Å²) in [5.74, 6) is -0.274. The molecule has 1 aliphatic rings. The van der Waals surface area contributed by atoms with E-state index in [4.69, 9.17) is 0 Å². The summed E-state index contributed by atoms with van der Waals surface area (Å²) >= 11 is 3.30. The highest BCUT2D eigenvalue weighted by molar-refractivity contribution is 9.10. The molecule has 0 saturated heterocycles. The van der Waals surface area contributed by atoms with Crippen LogP contribution in [-0.2, 0) is 16.4 Å². The van der Waals surface area contributed by atoms with Crippen molar-refractivity contribution in [2.75, 3.05) is 6.26 Å². The zero-order chi connectivity index (χ0) is 14.0. The minimum absolute atomic E-state index is 0.0756. The van der Waals surface area contributed by atoms with Gasteiger partial charge in [0.05, 0.1) is 5.25 Å². The van der Waals surface area contributed by atoms with Crippen molar-refractivity contribution in [2.24, 2.45) is 0 Å². The van der Waals surface area contributed by atoms with E-state index in [9.17, 15) is 12.8 Å². The van der Waals surface area contributed by atoms with Crippen molar-refractivity contribution >= 4 is 25.8 Å². The predicted molar refractivity (Wildman–Crippen MR) is 77.2 cm³/mol. The number of rotatable bonds is 4. The summed E-state index contributed by atoms with van der Waals surface area (Å²) < 4.78 is 37.7. The van der Waals surface area contributed by atoms with Gasteiger partial charge in [0.2, 0.25) is 0 Å². The molecule has 0 heterocycles. The van der Waals surface area contributed by atoms with Crippen molar-refractivity contribution in [1.82, 2.24) is 5.32 Å². The Balaban J connectivity index is 2.04. The van der Waals surface area contributed by atoms with E-state index >= 15 is 0 Å². The van der Waals surface area contributed by atoms with Crippen LogP contribution >= 0.6 is 15.9 Å². The van der Waals surface area contributed by atoms with Gasteiger partial charge in [-0.25, -0.2) is 12.8 Å². The number of nitrogens with one attached hydrogen (secondary N) is 1. The van der Waals surface area contributed by atoms with Crippen LogP contribution in [0.25, 0.3) is 0 Å². The monoisotopic (exact) mass is 349 g/mol. The Bertz CT molecular complexity index is 562. The van der Waals surface area contributed by atoms with Gasteiger partial charge < -0.3 is 5.32 Å². The zero-order valence-electron chi connectivity index (χ0n) is 10.7. The van der Waals surface area contributed by atoms with Crippen LogP contribution in [0.5, 0.6) is 0 Å².